The quantitative estimate of drug-likeness (QED) is 0.459. The van der Waals surface area contributed by atoms with E-state index in [4.69, 9.17) is 9.47 Å². The first-order valence-corrected chi connectivity index (χ1v) is 9.42. The van der Waals surface area contributed by atoms with Crippen LogP contribution in [0.4, 0.5) is 0 Å². The van der Waals surface area contributed by atoms with Gasteiger partial charge in [0.15, 0.2) is 5.16 Å². The minimum Gasteiger partial charge on any atom is -0.497 e. The van der Waals surface area contributed by atoms with Gasteiger partial charge in [0, 0.05) is 23.9 Å². The van der Waals surface area contributed by atoms with Crippen LogP contribution in [0, 0.1) is 0 Å². The number of carbonyl (C=O) groups is 1. The lowest BCUT2D eigenvalue weighted by Gasteiger charge is -2.09. The van der Waals surface area contributed by atoms with Crippen LogP contribution in [0.25, 0.3) is 11.3 Å². The number of ether oxygens (including phenoxy) is 2. The Morgan fingerprint density at radius 1 is 1.11 bits per heavy atom. The van der Waals surface area contributed by atoms with Gasteiger partial charge in [-0.25, -0.2) is 4.98 Å². The molecule has 6 nitrogen and oxygen atoms in total. The van der Waals surface area contributed by atoms with E-state index in [9.17, 15) is 4.79 Å². The number of hydrogen-bond acceptors (Lipinski definition) is 5. The van der Waals surface area contributed by atoms with Crippen LogP contribution in [0.1, 0.15) is 10.4 Å². The maximum absolute atomic E-state index is 12.3. The Kier molecular flexibility index (Phi) is 6.38. The summed E-state index contributed by atoms with van der Waals surface area (Å²) in [5, 5.41) is 3.72. The Hall–Kier alpha value is -2.93. The molecule has 0 unspecified atom stereocenters. The molecule has 2 aromatic carbocycles. The molecule has 0 aliphatic heterocycles. The molecule has 0 atom stereocenters. The lowest BCUT2D eigenvalue weighted by molar-refractivity contribution is 0.0955. The summed E-state index contributed by atoms with van der Waals surface area (Å²) in [6, 6.07) is 15.1. The molecule has 1 aromatic heterocycles. The molecule has 7 heteroatoms. The molecule has 0 bridgehead atoms. The minimum atomic E-state index is -0.169. The fourth-order valence-corrected chi connectivity index (χ4v) is 3.20. The van der Waals surface area contributed by atoms with E-state index >= 15 is 0 Å². The highest BCUT2D eigenvalue weighted by atomic mass is 32.2. The largest absolute Gasteiger partial charge is 0.497 e. The average molecular weight is 383 g/mol. The molecule has 0 aliphatic rings. The number of methoxy groups -OCH3 is 2. The monoisotopic (exact) mass is 383 g/mol. The number of carbonyl (C=O) groups excluding carboxylic acids is 1. The van der Waals surface area contributed by atoms with Crippen LogP contribution >= 0.6 is 11.8 Å². The fourth-order valence-electron chi connectivity index (χ4n) is 2.49. The number of imidazole rings is 1. The third kappa shape index (κ3) is 5.04. The van der Waals surface area contributed by atoms with Crippen LogP contribution in [-0.2, 0) is 0 Å². The molecule has 0 saturated carbocycles. The highest BCUT2D eigenvalue weighted by molar-refractivity contribution is 7.99. The molecule has 3 aromatic rings. The van der Waals surface area contributed by atoms with E-state index in [1.807, 2.05) is 36.5 Å². The van der Waals surface area contributed by atoms with Crippen LogP contribution in [-0.4, -0.2) is 42.4 Å². The van der Waals surface area contributed by atoms with Gasteiger partial charge in [0.1, 0.15) is 11.5 Å². The van der Waals surface area contributed by atoms with Crippen LogP contribution in [0.5, 0.6) is 11.5 Å². The summed E-state index contributed by atoms with van der Waals surface area (Å²) in [4.78, 5) is 20.0. The van der Waals surface area contributed by atoms with Gasteiger partial charge in [-0.2, -0.15) is 0 Å². The topological polar surface area (TPSA) is 76.2 Å². The van der Waals surface area contributed by atoms with Gasteiger partial charge in [-0.1, -0.05) is 42.1 Å². The molecule has 0 radical (unpaired) electrons. The van der Waals surface area contributed by atoms with E-state index < -0.39 is 0 Å². The molecule has 1 amide bonds. The number of nitrogens with one attached hydrogen (secondary N) is 2. The molecule has 0 saturated heterocycles. The van der Waals surface area contributed by atoms with Gasteiger partial charge in [-0.05, 0) is 17.7 Å². The molecule has 0 spiro atoms. The van der Waals surface area contributed by atoms with E-state index in [1.54, 1.807) is 44.2 Å². The number of rotatable bonds is 8. The molecule has 1 heterocycles. The van der Waals surface area contributed by atoms with E-state index in [2.05, 4.69) is 15.3 Å². The second-order valence-electron chi connectivity index (χ2n) is 5.67. The van der Waals surface area contributed by atoms with Crippen LogP contribution in [0.2, 0.25) is 0 Å². The number of aromatic nitrogens is 2. The number of aromatic amines is 1. The Morgan fingerprint density at radius 3 is 2.48 bits per heavy atom. The summed E-state index contributed by atoms with van der Waals surface area (Å²) in [7, 11) is 3.11. The number of thioether (sulfide) groups is 1. The number of amides is 1. The van der Waals surface area contributed by atoms with E-state index in [0.717, 1.165) is 16.4 Å². The minimum absolute atomic E-state index is 0.169. The van der Waals surface area contributed by atoms with Crippen molar-refractivity contribution >= 4 is 17.7 Å². The van der Waals surface area contributed by atoms with Gasteiger partial charge in [0.2, 0.25) is 0 Å². The summed E-state index contributed by atoms with van der Waals surface area (Å²) in [5.74, 6) is 1.70. The fraction of sp³-hybridized carbons (Fsp3) is 0.200. The second-order valence-corrected chi connectivity index (χ2v) is 6.76. The first-order valence-electron chi connectivity index (χ1n) is 8.44. The Labute approximate surface area is 162 Å². The third-order valence-electron chi connectivity index (χ3n) is 3.88. The van der Waals surface area contributed by atoms with Crippen molar-refractivity contribution in [3.8, 4) is 22.8 Å². The average Bonchev–Trinajstić information content (AvgIpc) is 3.20. The molecular weight excluding hydrogens is 362 g/mol. The Morgan fingerprint density at radius 2 is 1.81 bits per heavy atom. The predicted molar refractivity (Wildman–Crippen MR) is 107 cm³/mol. The van der Waals surface area contributed by atoms with Gasteiger partial charge in [-0.3, -0.25) is 4.79 Å². The van der Waals surface area contributed by atoms with Gasteiger partial charge in [0.25, 0.3) is 5.91 Å². The van der Waals surface area contributed by atoms with Crippen molar-refractivity contribution < 1.29 is 14.3 Å². The number of benzene rings is 2. The number of nitrogens with zero attached hydrogens (tertiary/aromatic N) is 1. The van der Waals surface area contributed by atoms with Gasteiger partial charge < -0.3 is 19.8 Å². The first-order chi connectivity index (χ1) is 13.2. The zero-order valence-corrected chi connectivity index (χ0v) is 16.0. The normalized spacial score (nSPS) is 10.4. The van der Waals surface area contributed by atoms with Crippen molar-refractivity contribution in [3.63, 3.8) is 0 Å². The molecule has 0 fully saturated rings. The molecular formula is C20H21N3O3S. The first kappa shape index (κ1) is 18.8. The van der Waals surface area contributed by atoms with Crippen molar-refractivity contribution in [1.82, 2.24) is 15.3 Å². The van der Waals surface area contributed by atoms with Crippen LogP contribution in [0.15, 0.2) is 59.9 Å². The summed E-state index contributed by atoms with van der Waals surface area (Å²) >= 11 is 1.56. The lowest BCUT2D eigenvalue weighted by atomic mass is 10.2. The Bertz CT molecular complexity index is 874. The van der Waals surface area contributed by atoms with Crippen LogP contribution in [0.3, 0.4) is 0 Å². The zero-order chi connectivity index (χ0) is 19.1. The summed E-state index contributed by atoms with van der Waals surface area (Å²) in [5.41, 5.74) is 2.57. The highest BCUT2D eigenvalue weighted by Crippen LogP contribution is 2.23. The number of hydrogen-bond donors (Lipinski definition) is 2. The smallest absolute Gasteiger partial charge is 0.251 e. The summed E-state index contributed by atoms with van der Waals surface area (Å²) < 4.78 is 10.4. The SMILES string of the molecule is COc1cc(OC)cc(C(=O)NCCSc2ncc(-c3ccccc3)[nH]2)c1. The van der Waals surface area contributed by atoms with E-state index in [1.165, 1.54) is 0 Å². The second kappa shape index (κ2) is 9.14. The van der Waals surface area contributed by atoms with Crippen molar-refractivity contribution in [1.29, 1.82) is 0 Å². The van der Waals surface area contributed by atoms with Gasteiger partial charge in [0.05, 0.1) is 26.1 Å². The van der Waals surface area contributed by atoms with Crippen molar-refractivity contribution in [2.75, 3.05) is 26.5 Å². The molecule has 3 rings (SSSR count). The molecule has 2 N–H and O–H groups in total. The predicted octanol–water partition coefficient (Wildman–Crippen LogP) is 3.62. The van der Waals surface area contributed by atoms with E-state index in [0.29, 0.717) is 29.4 Å². The molecule has 140 valence electrons. The summed E-state index contributed by atoms with van der Waals surface area (Å²) in [6.45, 7) is 0.518. The van der Waals surface area contributed by atoms with Crippen molar-refractivity contribution in [2.45, 2.75) is 5.16 Å². The summed E-state index contributed by atoms with van der Waals surface area (Å²) in [6.07, 6.45) is 1.82. The maximum atomic E-state index is 12.3. The van der Waals surface area contributed by atoms with E-state index in [-0.39, 0.29) is 5.91 Å². The lowest BCUT2D eigenvalue weighted by Crippen LogP contribution is -2.25. The van der Waals surface area contributed by atoms with Gasteiger partial charge in [-0.15, -0.1) is 0 Å². The third-order valence-corrected chi connectivity index (χ3v) is 4.77. The molecule has 0 aliphatic carbocycles. The van der Waals surface area contributed by atoms with Crippen molar-refractivity contribution in [3.05, 3.63) is 60.3 Å². The Balaban J connectivity index is 1.50. The number of H-pyrrole nitrogens is 1. The standard InChI is InChI=1S/C20H21N3O3S/c1-25-16-10-15(11-17(12-16)26-2)19(24)21-8-9-27-20-22-13-18(23-20)14-6-4-3-5-7-14/h3-7,10-13H,8-9H2,1-2H3,(H,21,24)(H,22,23). The maximum Gasteiger partial charge on any atom is 0.251 e. The highest BCUT2D eigenvalue weighted by Gasteiger charge is 2.10. The van der Waals surface area contributed by atoms with Crippen LogP contribution < -0.4 is 14.8 Å². The van der Waals surface area contributed by atoms with Crippen molar-refractivity contribution in [2.24, 2.45) is 0 Å². The zero-order valence-electron chi connectivity index (χ0n) is 15.2. The molecule has 27 heavy (non-hydrogen) atoms. The van der Waals surface area contributed by atoms with Gasteiger partial charge >= 0.3 is 0 Å².